The first-order valence-corrected chi connectivity index (χ1v) is 11.0. The quantitative estimate of drug-likeness (QED) is 0.607. The van der Waals surface area contributed by atoms with E-state index in [9.17, 15) is 23.1 Å². The van der Waals surface area contributed by atoms with Crippen LogP contribution in [0.15, 0.2) is 24.4 Å². The minimum atomic E-state index is -4.47. The SMILES string of the molecule is COCCCc1cnc(-c2cc3c(c(C(F)(F)F)c2)CC=C3)c(N2CCC(C(=O)O)CC2)n1. The third-order valence-corrected chi connectivity index (χ3v) is 6.21. The molecular weight excluding hydrogens is 435 g/mol. The molecule has 1 saturated heterocycles. The zero-order valence-corrected chi connectivity index (χ0v) is 18.4. The summed E-state index contributed by atoms with van der Waals surface area (Å²) in [5.74, 6) is -0.747. The van der Waals surface area contributed by atoms with Gasteiger partial charge in [-0.3, -0.25) is 9.78 Å². The lowest BCUT2D eigenvalue weighted by atomic mass is 9.95. The number of hydrogen-bond acceptors (Lipinski definition) is 5. The van der Waals surface area contributed by atoms with Gasteiger partial charge in [-0.2, -0.15) is 13.2 Å². The number of anilines is 1. The van der Waals surface area contributed by atoms with E-state index >= 15 is 0 Å². The standard InChI is InChI=1S/C24H26F3N3O3/c1-33-11-3-5-18-14-28-21(22(29-18)30-9-7-15(8-10-30)23(31)32)17-12-16-4-2-6-19(16)20(13-17)24(25,26)27/h2,4,12-15H,3,5-11H2,1H3,(H,31,32). The zero-order chi connectivity index (χ0) is 23.6. The van der Waals surface area contributed by atoms with Crippen LogP contribution >= 0.6 is 0 Å². The highest BCUT2D eigenvalue weighted by atomic mass is 19.4. The second-order valence-corrected chi connectivity index (χ2v) is 8.43. The number of rotatable bonds is 7. The predicted molar refractivity (Wildman–Crippen MR) is 118 cm³/mol. The average molecular weight is 461 g/mol. The van der Waals surface area contributed by atoms with E-state index in [0.717, 1.165) is 18.2 Å². The lowest BCUT2D eigenvalue weighted by Gasteiger charge is -2.32. The number of allylic oxidation sites excluding steroid dienone is 1. The molecule has 1 fully saturated rings. The number of piperidine rings is 1. The number of benzene rings is 1. The third-order valence-electron chi connectivity index (χ3n) is 6.21. The van der Waals surface area contributed by atoms with Crippen molar-refractivity contribution in [3.63, 3.8) is 0 Å². The summed E-state index contributed by atoms with van der Waals surface area (Å²) in [5, 5.41) is 9.32. The fourth-order valence-electron chi connectivity index (χ4n) is 4.46. The summed E-state index contributed by atoms with van der Waals surface area (Å²) in [7, 11) is 1.62. The van der Waals surface area contributed by atoms with Crippen LogP contribution in [0.2, 0.25) is 0 Å². The predicted octanol–water partition coefficient (Wildman–Crippen LogP) is 4.61. The molecule has 0 saturated carbocycles. The van der Waals surface area contributed by atoms with E-state index in [-0.39, 0.29) is 12.0 Å². The second kappa shape index (κ2) is 9.51. The van der Waals surface area contributed by atoms with Crippen LogP contribution in [-0.2, 0) is 28.5 Å². The molecule has 0 atom stereocenters. The van der Waals surface area contributed by atoms with Crippen LogP contribution in [0.3, 0.4) is 0 Å². The van der Waals surface area contributed by atoms with E-state index in [4.69, 9.17) is 9.72 Å². The average Bonchev–Trinajstić information content (AvgIpc) is 3.26. The van der Waals surface area contributed by atoms with Gasteiger partial charge in [0.25, 0.3) is 0 Å². The zero-order valence-electron chi connectivity index (χ0n) is 18.4. The summed E-state index contributed by atoms with van der Waals surface area (Å²) in [5.41, 5.74) is 1.64. The van der Waals surface area contributed by atoms with E-state index in [1.165, 1.54) is 0 Å². The lowest BCUT2D eigenvalue weighted by Crippen LogP contribution is -2.37. The van der Waals surface area contributed by atoms with Crippen molar-refractivity contribution in [1.82, 2.24) is 9.97 Å². The minimum absolute atomic E-state index is 0.254. The van der Waals surface area contributed by atoms with E-state index < -0.39 is 23.6 Å². The van der Waals surface area contributed by atoms with Gasteiger partial charge in [-0.05, 0) is 55.4 Å². The third kappa shape index (κ3) is 5.03. The Morgan fingerprint density at radius 2 is 2.03 bits per heavy atom. The maximum Gasteiger partial charge on any atom is 0.416 e. The monoisotopic (exact) mass is 461 g/mol. The second-order valence-electron chi connectivity index (χ2n) is 8.43. The number of hydrogen-bond donors (Lipinski definition) is 1. The van der Waals surface area contributed by atoms with Gasteiger partial charge in [-0.25, -0.2) is 4.98 Å². The molecule has 1 N–H and O–H groups in total. The molecule has 0 amide bonds. The van der Waals surface area contributed by atoms with Crippen molar-refractivity contribution in [2.45, 2.75) is 38.3 Å². The van der Waals surface area contributed by atoms with Crippen molar-refractivity contribution in [3.8, 4) is 11.3 Å². The van der Waals surface area contributed by atoms with Crippen LogP contribution in [0.25, 0.3) is 17.3 Å². The van der Waals surface area contributed by atoms with Crippen molar-refractivity contribution in [2.75, 3.05) is 31.7 Å². The first-order chi connectivity index (χ1) is 15.8. The van der Waals surface area contributed by atoms with Crippen molar-refractivity contribution in [1.29, 1.82) is 0 Å². The fraction of sp³-hybridized carbons (Fsp3) is 0.458. The van der Waals surface area contributed by atoms with Crippen molar-refractivity contribution in [2.24, 2.45) is 5.92 Å². The number of carboxylic acids is 1. The molecule has 33 heavy (non-hydrogen) atoms. The largest absolute Gasteiger partial charge is 0.481 e. The van der Waals surface area contributed by atoms with Gasteiger partial charge in [0, 0.05) is 38.6 Å². The molecule has 1 aromatic carbocycles. The van der Waals surface area contributed by atoms with Gasteiger partial charge in [0.1, 0.15) is 5.69 Å². The molecular formula is C24H26F3N3O3. The molecule has 6 nitrogen and oxygen atoms in total. The number of aromatic nitrogens is 2. The topological polar surface area (TPSA) is 75.5 Å². The summed E-state index contributed by atoms with van der Waals surface area (Å²) >= 11 is 0. The molecule has 9 heteroatoms. The number of methoxy groups -OCH3 is 1. The number of ether oxygens (including phenoxy) is 1. The maximum atomic E-state index is 13.8. The first-order valence-electron chi connectivity index (χ1n) is 11.0. The Balaban J connectivity index is 1.75. The van der Waals surface area contributed by atoms with Gasteiger partial charge < -0.3 is 14.7 Å². The molecule has 0 unspecified atom stereocenters. The smallest absolute Gasteiger partial charge is 0.416 e. The highest BCUT2D eigenvalue weighted by molar-refractivity contribution is 5.78. The van der Waals surface area contributed by atoms with Crippen molar-refractivity contribution < 1.29 is 27.8 Å². The Morgan fingerprint density at radius 3 is 2.70 bits per heavy atom. The van der Waals surface area contributed by atoms with Gasteiger partial charge in [-0.1, -0.05) is 12.2 Å². The maximum absolute atomic E-state index is 13.8. The summed E-state index contributed by atoms with van der Waals surface area (Å²) in [6.45, 7) is 1.48. The molecule has 2 heterocycles. The van der Waals surface area contributed by atoms with Gasteiger partial charge >= 0.3 is 12.1 Å². The fourth-order valence-corrected chi connectivity index (χ4v) is 4.46. The first kappa shape index (κ1) is 23.2. The molecule has 1 aromatic heterocycles. The van der Waals surface area contributed by atoms with Gasteiger partial charge in [0.15, 0.2) is 5.82 Å². The molecule has 0 bridgehead atoms. The summed E-state index contributed by atoms with van der Waals surface area (Å²) in [4.78, 5) is 22.6. The molecule has 176 valence electrons. The Labute approximate surface area is 190 Å². The highest BCUT2D eigenvalue weighted by Crippen LogP contribution is 2.41. The lowest BCUT2D eigenvalue weighted by molar-refractivity contribution is -0.142. The number of carbonyl (C=O) groups is 1. The van der Waals surface area contributed by atoms with E-state index in [1.807, 2.05) is 4.90 Å². The Bertz CT molecular complexity index is 1060. The van der Waals surface area contributed by atoms with E-state index in [0.29, 0.717) is 61.6 Å². The Morgan fingerprint density at radius 1 is 1.27 bits per heavy atom. The van der Waals surface area contributed by atoms with E-state index in [1.54, 1.807) is 31.5 Å². The number of aryl methyl sites for hydroxylation is 1. The van der Waals surface area contributed by atoms with Crippen LogP contribution in [0.5, 0.6) is 0 Å². The number of alkyl halides is 3. The van der Waals surface area contributed by atoms with Crippen LogP contribution in [0.1, 0.15) is 41.6 Å². The van der Waals surface area contributed by atoms with Crippen LogP contribution in [0, 0.1) is 5.92 Å². The number of aliphatic carboxylic acids is 1. The number of fused-ring (bicyclic) bond motifs is 1. The van der Waals surface area contributed by atoms with Gasteiger partial charge in [0.2, 0.25) is 0 Å². The van der Waals surface area contributed by atoms with Crippen molar-refractivity contribution >= 4 is 17.9 Å². The summed E-state index contributed by atoms with van der Waals surface area (Å²) < 4.78 is 46.5. The Hall–Kier alpha value is -2.94. The minimum Gasteiger partial charge on any atom is -0.481 e. The van der Waals surface area contributed by atoms with Gasteiger partial charge in [-0.15, -0.1) is 0 Å². The summed E-state index contributed by atoms with van der Waals surface area (Å²) in [6.07, 6.45) is 3.09. The number of carboxylic acid groups (broad SMARTS) is 1. The molecule has 2 aliphatic rings. The summed E-state index contributed by atoms with van der Waals surface area (Å²) in [6, 6.07) is 2.89. The van der Waals surface area contributed by atoms with Crippen molar-refractivity contribution in [3.05, 3.63) is 46.8 Å². The molecule has 4 rings (SSSR count). The number of halogens is 3. The van der Waals surface area contributed by atoms with E-state index in [2.05, 4.69) is 4.98 Å². The van der Waals surface area contributed by atoms with Crippen LogP contribution in [0.4, 0.5) is 19.0 Å². The van der Waals surface area contributed by atoms with Crippen LogP contribution in [-0.4, -0.2) is 47.8 Å². The normalized spacial score (nSPS) is 16.3. The highest BCUT2D eigenvalue weighted by Gasteiger charge is 2.36. The molecule has 0 spiro atoms. The van der Waals surface area contributed by atoms with Gasteiger partial charge in [0.05, 0.1) is 17.2 Å². The molecule has 0 radical (unpaired) electrons. The molecule has 1 aliphatic carbocycles. The number of nitrogens with zero attached hydrogens (tertiary/aromatic N) is 3. The molecule has 1 aliphatic heterocycles. The Kier molecular flexibility index (Phi) is 6.69. The van der Waals surface area contributed by atoms with Crippen LogP contribution < -0.4 is 4.90 Å². The molecule has 2 aromatic rings.